The Morgan fingerprint density at radius 1 is 1.20 bits per heavy atom. The summed E-state index contributed by atoms with van der Waals surface area (Å²) in [6.45, 7) is 0. The maximum absolute atomic E-state index is 13.2. The Hall–Kier alpha value is -2.05. The Bertz CT molecular complexity index is 430. The molecule has 1 aromatic rings. The first kappa shape index (κ1) is 11.0. The highest BCUT2D eigenvalue weighted by atomic mass is 19.1. The molecule has 0 unspecified atom stereocenters. The van der Waals surface area contributed by atoms with Crippen molar-refractivity contribution in [1.82, 2.24) is 0 Å². The molecule has 0 saturated heterocycles. The number of hydrogen-bond donors (Lipinski definition) is 3. The molecule has 0 amide bonds. The van der Waals surface area contributed by atoms with Crippen LogP contribution in [-0.2, 0) is 0 Å². The van der Waals surface area contributed by atoms with Crippen LogP contribution in [-0.4, -0.2) is 28.4 Å². The molecule has 0 aromatic heterocycles. The molecule has 1 aromatic carbocycles. The van der Waals surface area contributed by atoms with E-state index in [9.17, 15) is 13.6 Å². The molecular formula is C8H6F2O5. The average Bonchev–Trinajstić information content (AvgIpc) is 2.15. The lowest BCUT2D eigenvalue weighted by Gasteiger charge is -2.09. The van der Waals surface area contributed by atoms with E-state index in [1.54, 1.807) is 0 Å². The van der Waals surface area contributed by atoms with Gasteiger partial charge in [-0.05, 0) is 0 Å². The summed E-state index contributed by atoms with van der Waals surface area (Å²) in [5, 5.41) is 26.4. The number of aromatic hydroxyl groups is 2. The number of rotatable bonds is 2. The lowest BCUT2D eigenvalue weighted by molar-refractivity contribution is 0.0684. The van der Waals surface area contributed by atoms with Crippen LogP contribution in [0, 0.1) is 11.6 Å². The number of aromatic carboxylic acids is 1. The van der Waals surface area contributed by atoms with E-state index in [4.69, 9.17) is 15.3 Å². The fraction of sp³-hybridized carbons (Fsp3) is 0.125. The Balaban J connectivity index is 3.68. The maximum Gasteiger partial charge on any atom is 0.342 e. The van der Waals surface area contributed by atoms with Crippen molar-refractivity contribution in [3.63, 3.8) is 0 Å². The molecule has 0 saturated carbocycles. The van der Waals surface area contributed by atoms with Gasteiger partial charge in [-0.15, -0.1) is 0 Å². The molecule has 0 aliphatic rings. The van der Waals surface area contributed by atoms with E-state index in [1.807, 2.05) is 0 Å². The van der Waals surface area contributed by atoms with Gasteiger partial charge in [0, 0.05) is 0 Å². The van der Waals surface area contributed by atoms with Crippen LogP contribution in [0.2, 0.25) is 0 Å². The molecule has 7 heteroatoms. The molecule has 0 aliphatic carbocycles. The van der Waals surface area contributed by atoms with Gasteiger partial charge < -0.3 is 20.1 Å². The first-order valence-corrected chi connectivity index (χ1v) is 3.62. The van der Waals surface area contributed by atoms with Crippen LogP contribution in [0.3, 0.4) is 0 Å². The van der Waals surface area contributed by atoms with Gasteiger partial charge in [0.15, 0.2) is 17.4 Å². The summed E-state index contributed by atoms with van der Waals surface area (Å²) in [4.78, 5) is 10.4. The summed E-state index contributed by atoms with van der Waals surface area (Å²) in [7, 11) is 0.932. The molecule has 0 atom stereocenters. The molecule has 15 heavy (non-hydrogen) atoms. The lowest BCUT2D eigenvalue weighted by Crippen LogP contribution is -2.07. The Labute approximate surface area is 82.2 Å². The number of ether oxygens (including phenoxy) is 1. The van der Waals surface area contributed by atoms with Crippen LogP contribution in [0.4, 0.5) is 8.78 Å². The van der Waals surface area contributed by atoms with Gasteiger partial charge in [0.1, 0.15) is 5.56 Å². The van der Waals surface area contributed by atoms with Crippen LogP contribution in [0.15, 0.2) is 0 Å². The molecule has 0 fully saturated rings. The normalized spacial score (nSPS) is 10.1. The van der Waals surface area contributed by atoms with Crippen molar-refractivity contribution in [2.45, 2.75) is 0 Å². The molecule has 5 nitrogen and oxygen atoms in total. The fourth-order valence-electron chi connectivity index (χ4n) is 1.02. The van der Waals surface area contributed by atoms with Gasteiger partial charge in [-0.1, -0.05) is 0 Å². The summed E-state index contributed by atoms with van der Waals surface area (Å²) in [5.41, 5.74) is -1.39. The van der Waals surface area contributed by atoms with Gasteiger partial charge in [0.25, 0.3) is 0 Å². The summed E-state index contributed by atoms with van der Waals surface area (Å²) in [6.07, 6.45) is 0. The predicted molar refractivity (Wildman–Crippen MR) is 43.2 cm³/mol. The van der Waals surface area contributed by atoms with Crippen LogP contribution in [0.1, 0.15) is 10.4 Å². The number of benzene rings is 1. The summed E-state index contributed by atoms with van der Waals surface area (Å²) >= 11 is 0. The van der Waals surface area contributed by atoms with E-state index in [0.717, 1.165) is 7.11 Å². The predicted octanol–water partition coefficient (Wildman–Crippen LogP) is 1.08. The van der Waals surface area contributed by atoms with Crippen molar-refractivity contribution >= 4 is 5.97 Å². The highest BCUT2D eigenvalue weighted by Gasteiger charge is 2.28. The number of halogens is 2. The molecule has 0 heterocycles. The number of carboxylic acids is 1. The van der Waals surface area contributed by atoms with Crippen LogP contribution in [0.25, 0.3) is 0 Å². The first-order valence-electron chi connectivity index (χ1n) is 3.62. The topological polar surface area (TPSA) is 87.0 Å². The maximum atomic E-state index is 13.2. The minimum absolute atomic E-state index is 0.925. The summed E-state index contributed by atoms with van der Waals surface area (Å²) in [6, 6.07) is 0. The lowest BCUT2D eigenvalue weighted by atomic mass is 10.1. The van der Waals surface area contributed by atoms with Crippen LogP contribution in [0.5, 0.6) is 17.2 Å². The Morgan fingerprint density at radius 3 is 2.13 bits per heavy atom. The van der Waals surface area contributed by atoms with Crippen LogP contribution < -0.4 is 4.74 Å². The molecule has 82 valence electrons. The van der Waals surface area contributed by atoms with E-state index < -0.39 is 40.4 Å². The molecule has 3 N–H and O–H groups in total. The quantitative estimate of drug-likeness (QED) is 0.649. The second kappa shape index (κ2) is 3.60. The van der Waals surface area contributed by atoms with E-state index in [-0.39, 0.29) is 0 Å². The zero-order valence-corrected chi connectivity index (χ0v) is 7.41. The number of hydrogen-bond acceptors (Lipinski definition) is 4. The van der Waals surface area contributed by atoms with Crippen molar-refractivity contribution in [3.8, 4) is 17.2 Å². The van der Waals surface area contributed by atoms with Gasteiger partial charge in [-0.3, -0.25) is 0 Å². The molecular weight excluding hydrogens is 214 g/mol. The minimum Gasteiger partial charge on any atom is -0.502 e. The molecule has 0 bridgehead atoms. The smallest absolute Gasteiger partial charge is 0.342 e. The van der Waals surface area contributed by atoms with Crippen molar-refractivity contribution in [3.05, 3.63) is 17.2 Å². The van der Waals surface area contributed by atoms with E-state index in [2.05, 4.69) is 4.74 Å². The van der Waals surface area contributed by atoms with Crippen LogP contribution >= 0.6 is 0 Å². The Morgan fingerprint density at radius 2 is 1.73 bits per heavy atom. The number of phenols is 2. The third-order valence-corrected chi connectivity index (χ3v) is 1.70. The van der Waals surface area contributed by atoms with Crippen molar-refractivity contribution in [1.29, 1.82) is 0 Å². The minimum atomic E-state index is -1.92. The second-order valence-electron chi connectivity index (χ2n) is 2.54. The van der Waals surface area contributed by atoms with Crippen molar-refractivity contribution in [2.24, 2.45) is 0 Å². The highest BCUT2D eigenvalue weighted by molar-refractivity contribution is 5.90. The number of methoxy groups -OCH3 is 1. The van der Waals surface area contributed by atoms with Crippen molar-refractivity contribution < 1.29 is 33.6 Å². The van der Waals surface area contributed by atoms with Gasteiger partial charge in [0.05, 0.1) is 7.11 Å². The third kappa shape index (κ3) is 1.51. The Kier molecular flexibility index (Phi) is 2.65. The number of phenolic OH excluding ortho intramolecular Hbond substituents is 2. The van der Waals surface area contributed by atoms with Gasteiger partial charge >= 0.3 is 5.97 Å². The second-order valence-corrected chi connectivity index (χ2v) is 2.54. The molecule has 0 spiro atoms. The average molecular weight is 220 g/mol. The first-order chi connectivity index (χ1) is 6.91. The van der Waals surface area contributed by atoms with E-state index in [0.29, 0.717) is 0 Å². The largest absolute Gasteiger partial charge is 0.502 e. The zero-order valence-electron chi connectivity index (χ0n) is 7.41. The van der Waals surface area contributed by atoms with Gasteiger partial charge in [0.2, 0.25) is 11.5 Å². The summed E-state index contributed by atoms with van der Waals surface area (Å²) < 4.78 is 30.5. The molecule has 1 rings (SSSR count). The zero-order chi connectivity index (χ0) is 11.7. The standard InChI is InChI=1S/C8H6F2O5/c1-15-7-4(10)2(8(13)14)3(9)5(11)6(7)12/h11-12H,1H3,(H,13,14). The number of carboxylic acid groups (broad SMARTS) is 1. The highest BCUT2D eigenvalue weighted by Crippen LogP contribution is 2.41. The third-order valence-electron chi connectivity index (χ3n) is 1.70. The fourth-order valence-corrected chi connectivity index (χ4v) is 1.02. The van der Waals surface area contributed by atoms with Gasteiger partial charge in [-0.25, -0.2) is 13.6 Å². The van der Waals surface area contributed by atoms with Gasteiger partial charge in [-0.2, -0.15) is 0 Å². The monoisotopic (exact) mass is 220 g/mol. The van der Waals surface area contributed by atoms with Crippen molar-refractivity contribution in [2.75, 3.05) is 7.11 Å². The molecule has 0 radical (unpaired) electrons. The SMILES string of the molecule is COc1c(O)c(O)c(F)c(C(=O)O)c1F. The number of carbonyl (C=O) groups is 1. The van der Waals surface area contributed by atoms with E-state index >= 15 is 0 Å². The summed E-state index contributed by atoms with van der Waals surface area (Å²) in [5.74, 6) is -8.73. The van der Waals surface area contributed by atoms with E-state index in [1.165, 1.54) is 0 Å². The molecule has 0 aliphatic heterocycles.